The Balaban J connectivity index is 1.27. The predicted octanol–water partition coefficient (Wildman–Crippen LogP) is 11.5. The van der Waals surface area contributed by atoms with Crippen LogP contribution in [0.2, 0.25) is 0 Å². The van der Waals surface area contributed by atoms with Crippen molar-refractivity contribution in [3.63, 3.8) is 0 Å². The molecule has 0 aliphatic carbocycles. The molecule has 1 aromatic heterocycles. The van der Waals surface area contributed by atoms with E-state index in [2.05, 4.69) is 71.6 Å². The van der Waals surface area contributed by atoms with Crippen LogP contribution in [0.25, 0.3) is 55.0 Å². The van der Waals surface area contributed by atoms with E-state index in [0.29, 0.717) is 11.1 Å². The van der Waals surface area contributed by atoms with Gasteiger partial charge in [-0.1, -0.05) is 109 Å². The van der Waals surface area contributed by atoms with Gasteiger partial charge < -0.3 is 9.32 Å². The summed E-state index contributed by atoms with van der Waals surface area (Å²) in [6.45, 7) is 0. The first-order valence-corrected chi connectivity index (χ1v) is 13.9. The molecule has 0 aliphatic heterocycles. The number of hydrogen-bond donors (Lipinski definition) is 0. The summed E-state index contributed by atoms with van der Waals surface area (Å²) in [4.78, 5) is 2.24. The van der Waals surface area contributed by atoms with Crippen LogP contribution in [0.3, 0.4) is 0 Å². The molecule has 0 unspecified atom stereocenters. The van der Waals surface area contributed by atoms with Crippen molar-refractivity contribution >= 4 is 49.8 Å². The number of para-hydroxylation sites is 2. The Morgan fingerprint density at radius 2 is 1.05 bits per heavy atom. The Kier molecular flexibility index (Phi) is 4.68. The zero-order chi connectivity index (χ0) is 32.2. The van der Waals surface area contributed by atoms with Crippen LogP contribution in [-0.2, 0) is 0 Å². The maximum absolute atomic E-state index is 8.45. The van der Waals surface area contributed by atoms with Gasteiger partial charge in [0, 0.05) is 33.2 Å². The fourth-order valence-corrected chi connectivity index (χ4v) is 5.78. The van der Waals surface area contributed by atoms with Gasteiger partial charge in [0.15, 0.2) is 0 Å². The third-order valence-electron chi connectivity index (χ3n) is 7.73. The molecular weight excluding hydrogens is 510 g/mol. The second-order valence-electron chi connectivity index (χ2n) is 10.2. The van der Waals surface area contributed by atoms with Crippen molar-refractivity contribution in [3.05, 3.63) is 164 Å². The van der Waals surface area contributed by atoms with Gasteiger partial charge in [-0.15, -0.1) is 0 Å². The molecule has 0 saturated heterocycles. The van der Waals surface area contributed by atoms with Gasteiger partial charge in [-0.3, -0.25) is 0 Å². The zero-order valence-electron chi connectivity index (χ0n) is 27.6. The summed E-state index contributed by atoms with van der Waals surface area (Å²) >= 11 is 0. The predicted molar refractivity (Wildman–Crippen MR) is 177 cm³/mol. The molecule has 0 atom stereocenters. The van der Waals surface area contributed by atoms with Crippen LogP contribution in [0.4, 0.5) is 17.1 Å². The molecule has 0 saturated carbocycles. The molecular formula is C40H27NO. The summed E-state index contributed by atoms with van der Waals surface area (Å²) in [5.41, 5.74) is 7.33. The largest absolute Gasteiger partial charge is 0.455 e. The van der Waals surface area contributed by atoms with Crippen LogP contribution in [0.15, 0.2) is 168 Å². The highest BCUT2D eigenvalue weighted by molar-refractivity contribution is 6.19. The Bertz CT molecular complexity index is 2390. The smallest absolute Gasteiger partial charge is 0.143 e. The molecule has 8 rings (SSSR count). The summed E-state index contributed by atoms with van der Waals surface area (Å²) in [5.74, 6) is 0. The lowest BCUT2D eigenvalue weighted by Gasteiger charge is -2.25. The van der Waals surface area contributed by atoms with E-state index in [9.17, 15) is 0 Å². The van der Waals surface area contributed by atoms with Gasteiger partial charge in [0.1, 0.15) is 11.2 Å². The molecule has 0 radical (unpaired) electrons. The normalized spacial score (nSPS) is 13.0. The summed E-state index contributed by atoms with van der Waals surface area (Å²) in [7, 11) is 0. The average Bonchev–Trinajstić information content (AvgIpc) is 3.49. The molecule has 0 amide bonds. The summed E-state index contributed by atoms with van der Waals surface area (Å²) in [6, 6.07) is 43.5. The summed E-state index contributed by atoms with van der Waals surface area (Å²) < 4.78 is 47.6. The first-order valence-electron chi connectivity index (χ1n) is 16.4. The molecule has 2 heteroatoms. The van der Waals surface area contributed by atoms with Crippen LogP contribution in [0.1, 0.15) is 6.85 Å². The highest BCUT2D eigenvalue weighted by Crippen LogP contribution is 2.42. The minimum absolute atomic E-state index is 0.157. The van der Waals surface area contributed by atoms with Crippen LogP contribution >= 0.6 is 0 Å². The summed E-state index contributed by atoms with van der Waals surface area (Å²) in [5, 5.41) is 3.86. The maximum atomic E-state index is 8.45. The number of anilines is 3. The van der Waals surface area contributed by atoms with Gasteiger partial charge >= 0.3 is 0 Å². The van der Waals surface area contributed by atoms with Crippen molar-refractivity contribution in [2.24, 2.45) is 0 Å². The molecule has 42 heavy (non-hydrogen) atoms. The van der Waals surface area contributed by atoms with Crippen molar-refractivity contribution in [2.75, 3.05) is 4.90 Å². The van der Waals surface area contributed by atoms with E-state index in [1.807, 2.05) is 54.6 Å². The number of furan rings is 1. The van der Waals surface area contributed by atoms with Crippen molar-refractivity contribution in [3.8, 4) is 22.3 Å². The number of nitrogens with zero attached hydrogens (tertiary/aromatic N) is 1. The number of rotatable bonds is 5. The first-order chi connectivity index (χ1) is 22.9. The molecule has 0 spiro atoms. The van der Waals surface area contributed by atoms with Crippen LogP contribution in [0, 0.1) is 0 Å². The third kappa shape index (κ3) is 4.13. The highest BCUT2D eigenvalue weighted by atomic mass is 16.3. The Morgan fingerprint density at radius 3 is 1.74 bits per heavy atom. The van der Waals surface area contributed by atoms with Gasteiger partial charge in [-0.2, -0.15) is 0 Å². The zero-order valence-corrected chi connectivity index (χ0v) is 22.6. The Hall–Kier alpha value is -5.60. The first kappa shape index (κ1) is 19.5. The maximum Gasteiger partial charge on any atom is 0.143 e. The molecule has 0 bridgehead atoms. The highest BCUT2D eigenvalue weighted by Gasteiger charge is 2.17. The molecule has 1 heterocycles. The average molecular weight is 543 g/mol. The third-order valence-corrected chi connectivity index (χ3v) is 7.73. The number of fused-ring (bicyclic) bond motifs is 5. The van der Waals surface area contributed by atoms with Gasteiger partial charge in [0.2, 0.25) is 0 Å². The number of benzene rings is 7. The standard InChI is InChI=1S/C40H27NO/c1-4-12-28(13-5-1)30-22-25-35-38-27-37(34-18-10-11-19-36(34)40(38)42-39(35)26-30)29-20-23-33(24-21-29)41(31-14-6-2-7-15-31)32-16-8-3-9-17-32/h1-27H/i1D,4D,5D,12D,13D. The van der Waals surface area contributed by atoms with E-state index < -0.39 is 6.04 Å². The Labute approximate surface area is 251 Å². The SMILES string of the molecule is [2H]c1c([2H])c([2H])c(-c2ccc3c(c2)oc2c4ccccc4c(-c4ccc(N(c5ccccc5)c5ccccc5)cc4)cc32)c([2H])c1[2H]. The van der Waals surface area contributed by atoms with E-state index >= 15 is 0 Å². The van der Waals surface area contributed by atoms with E-state index in [-0.39, 0.29) is 29.7 Å². The van der Waals surface area contributed by atoms with Crippen molar-refractivity contribution in [1.29, 1.82) is 0 Å². The van der Waals surface area contributed by atoms with Crippen molar-refractivity contribution in [2.45, 2.75) is 0 Å². The minimum atomic E-state index is -0.409. The van der Waals surface area contributed by atoms with E-state index in [1.165, 1.54) is 0 Å². The molecule has 198 valence electrons. The van der Waals surface area contributed by atoms with Crippen molar-refractivity contribution in [1.82, 2.24) is 0 Å². The minimum Gasteiger partial charge on any atom is -0.455 e. The topological polar surface area (TPSA) is 16.4 Å². The fourth-order valence-electron chi connectivity index (χ4n) is 5.78. The van der Waals surface area contributed by atoms with Crippen molar-refractivity contribution < 1.29 is 11.3 Å². The Morgan fingerprint density at radius 1 is 0.452 bits per heavy atom. The van der Waals surface area contributed by atoms with Gasteiger partial charge in [-0.05, 0) is 82.2 Å². The monoisotopic (exact) mass is 542 g/mol. The quantitative estimate of drug-likeness (QED) is 0.215. The van der Waals surface area contributed by atoms with Crippen LogP contribution < -0.4 is 4.90 Å². The molecule has 8 aromatic rings. The number of hydrogen-bond acceptors (Lipinski definition) is 2. The van der Waals surface area contributed by atoms with Crippen LogP contribution in [-0.4, -0.2) is 0 Å². The molecule has 2 nitrogen and oxygen atoms in total. The molecule has 0 fully saturated rings. The molecule has 7 aromatic carbocycles. The second-order valence-corrected chi connectivity index (χ2v) is 10.2. The van der Waals surface area contributed by atoms with Gasteiger partial charge in [-0.25, -0.2) is 0 Å². The molecule has 0 N–H and O–H groups in total. The van der Waals surface area contributed by atoms with E-state index in [1.54, 1.807) is 12.1 Å². The lowest BCUT2D eigenvalue weighted by Crippen LogP contribution is -2.09. The fraction of sp³-hybridized carbons (Fsp3) is 0. The van der Waals surface area contributed by atoms with Gasteiger partial charge in [0.25, 0.3) is 0 Å². The second kappa shape index (κ2) is 10.1. The molecule has 0 aliphatic rings. The lowest BCUT2D eigenvalue weighted by molar-refractivity contribution is 0.673. The van der Waals surface area contributed by atoms with E-state index in [4.69, 9.17) is 11.3 Å². The van der Waals surface area contributed by atoms with Crippen LogP contribution in [0.5, 0.6) is 0 Å². The van der Waals surface area contributed by atoms with Gasteiger partial charge in [0.05, 0.1) is 6.85 Å². The van der Waals surface area contributed by atoms with E-state index in [0.717, 1.165) is 55.3 Å². The summed E-state index contributed by atoms with van der Waals surface area (Å²) in [6.07, 6.45) is 0. The lowest BCUT2D eigenvalue weighted by atomic mass is 9.95.